The maximum atomic E-state index is 12.6. The van der Waals surface area contributed by atoms with E-state index in [1.54, 1.807) is 20.8 Å². The van der Waals surface area contributed by atoms with Crippen molar-refractivity contribution in [2.24, 2.45) is 0 Å². The van der Waals surface area contributed by atoms with Crippen LogP contribution >= 0.6 is 0 Å². The monoisotopic (exact) mass is 471 g/mol. The topological polar surface area (TPSA) is 98.8 Å². The number of hydrogen-bond acceptors (Lipinski definition) is 6. The van der Waals surface area contributed by atoms with Crippen LogP contribution in [0.4, 0.5) is 4.79 Å². The molecule has 0 saturated heterocycles. The second-order valence-electron chi connectivity index (χ2n) is 9.03. The Morgan fingerprint density at radius 2 is 1.58 bits per heavy atom. The van der Waals surface area contributed by atoms with Crippen LogP contribution < -0.4 is 5.32 Å². The highest BCUT2D eigenvalue weighted by atomic mass is 32.2. The van der Waals surface area contributed by atoms with Crippen molar-refractivity contribution in [3.8, 4) is 11.1 Å². The minimum absolute atomic E-state index is 0.106. The third-order valence-electron chi connectivity index (χ3n) is 5.01. The molecule has 33 heavy (non-hydrogen) atoms. The average Bonchev–Trinajstić information content (AvgIpc) is 3.02. The van der Waals surface area contributed by atoms with Gasteiger partial charge in [-0.15, -0.1) is 0 Å². The molecule has 2 aromatic carbocycles. The van der Waals surface area contributed by atoms with Gasteiger partial charge in [-0.25, -0.2) is 13.2 Å². The molecule has 0 aromatic heterocycles. The van der Waals surface area contributed by atoms with Gasteiger partial charge in [0.15, 0.2) is 9.84 Å². The SMILES string of the molecule is CC(C)(C)OC(=O)C[C@@H](/C=C/S(C)(=O)=O)NC(=O)OCC1c2ccccc2-c2ccccc21. The van der Waals surface area contributed by atoms with Gasteiger partial charge in [0.2, 0.25) is 0 Å². The van der Waals surface area contributed by atoms with Gasteiger partial charge >= 0.3 is 12.1 Å². The first-order valence-electron chi connectivity index (χ1n) is 10.6. The summed E-state index contributed by atoms with van der Waals surface area (Å²) in [6.07, 6.45) is 1.30. The summed E-state index contributed by atoms with van der Waals surface area (Å²) in [5.41, 5.74) is 3.68. The lowest BCUT2D eigenvalue weighted by molar-refractivity contribution is -0.155. The number of esters is 1. The van der Waals surface area contributed by atoms with E-state index in [4.69, 9.17) is 9.47 Å². The van der Waals surface area contributed by atoms with Gasteiger partial charge in [-0.05, 0) is 43.0 Å². The fraction of sp³-hybridized carbons (Fsp3) is 0.360. The molecule has 0 spiro atoms. The van der Waals surface area contributed by atoms with Gasteiger partial charge < -0.3 is 14.8 Å². The van der Waals surface area contributed by atoms with Crippen LogP contribution in [-0.2, 0) is 24.1 Å². The summed E-state index contributed by atoms with van der Waals surface area (Å²) in [5, 5.41) is 3.52. The fourth-order valence-electron chi connectivity index (χ4n) is 3.76. The number of benzene rings is 2. The Bertz CT molecular complexity index is 1120. The number of carbonyl (C=O) groups excluding carboxylic acids is 2. The molecule has 1 aliphatic rings. The predicted molar refractivity (Wildman–Crippen MR) is 126 cm³/mol. The fourth-order valence-corrected chi connectivity index (χ4v) is 4.23. The summed E-state index contributed by atoms with van der Waals surface area (Å²) in [7, 11) is -3.44. The van der Waals surface area contributed by atoms with E-state index in [9.17, 15) is 18.0 Å². The van der Waals surface area contributed by atoms with Crippen LogP contribution in [-0.4, -0.2) is 45.0 Å². The van der Waals surface area contributed by atoms with Crippen LogP contribution in [0, 0.1) is 0 Å². The van der Waals surface area contributed by atoms with Gasteiger partial charge in [0.25, 0.3) is 0 Å². The summed E-state index contributed by atoms with van der Waals surface area (Å²) < 4.78 is 33.8. The molecular weight excluding hydrogens is 442 g/mol. The number of hydrogen-bond donors (Lipinski definition) is 1. The molecule has 0 heterocycles. The van der Waals surface area contributed by atoms with Crippen LogP contribution in [0.3, 0.4) is 0 Å². The van der Waals surface area contributed by atoms with E-state index in [2.05, 4.69) is 5.32 Å². The van der Waals surface area contributed by atoms with E-state index in [0.29, 0.717) is 0 Å². The standard InChI is InChI=1S/C25H29NO6S/c1-25(2,3)32-23(27)15-17(13-14-33(4,29)30)26-24(28)31-16-22-20-11-7-5-9-18(20)19-10-6-8-12-21(19)22/h5-14,17,22H,15-16H2,1-4H3,(H,26,28)/b14-13+/t17-/m1/s1. The number of carbonyl (C=O) groups is 2. The van der Waals surface area contributed by atoms with E-state index in [1.807, 2.05) is 48.5 Å². The van der Waals surface area contributed by atoms with Crippen molar-refractivity contribution in [1.29, 1.82) is 0 Å². The van der Waals surface area contributed by atoms with Crippen LogP contribution in [0.1, 0.15) is 44.2 Å². The first kappa shape index (κ1) is 24.5. The van der Waals surface area contributed by atoms with Crippen molar-refractivity contribution in [3.63, 3.8) is 0 Å². The highest BCUT2D eigenvalue weighted by Gasteiger charge is 2.29. The average molecular weight is 472 g/mol. The maximum absolute atomic E-state index is 12.6. The Labute approximate surface area is 194 Å². The predicted octanol–water partition coefficient (Wildman–Crippen LogP) is 4.18. The number of ether oxygens (including phenoxy) is 2. The maximum Gasteiger partial charge on any atom is 0.407 e. The van der Waals surface area contributed by atoms with E-state index >= 15 is 0 Å². The molecule has 2 aromatic rings. The second kappa shape index (κ2) is 9.79. The van der Waals surface area contributed by atoms with E-state index in [0.717, 1.165) is 33.9 Å². The van der Waals surface area contributed by atoms with Crippen molar-refractivity contribution in [1.82, 2.24) is 5.32 Å². The molecule has 1 atom stereocenters. The first-order valence-corrected chi connectivity index (χ1v) is 12.6. The molecule has 0 bridgehead atoms. The molecule has 0 unspecified atom stereocenters. The van der Waals surface area contributed by atoms with Crippen molar-refractivity contribution in [2.45, 2.75) is 44.8 Å². The molecule has 0 radical (unpaired) electrons. The molecule has 0 aliphatic heterocycles. The highest BCUT2D eigenvalue weighted by molar-refractivity contribution is 7.93. The van der Waals surface area contributed by atoms with E-state index < -0.39 is 33.5 Å². The molecule has 3 rings (SSSR count). The Hall–Kier alpha value is -3.13. The number of sulfone groups is 1. The minimum atomic E-state index is -3.44. The van der Waals surface area contributed by atoms with Gasteiger partial charge in [0.05, 0.1) is 12.5 Å². The van der Waals surface area contributed by atoms with Crippen LogP contribution in [0.25, 0.3) is 11.1 Å². The lowest BCUT2D eigenvalue weighted by atomic mass is 9.98. The molecule has 1 amide bonds. The van der Waals surface area contributed by atoms with Crippen LogP contribution in [0.2, 0.25) is 0 Å². The molecule has 0 fully saturated rings. The Balaban J connectivity index is 1.69. The van der Waals surface area contributed by atoms with Gasteiger partial charge in [-0.1, -0.05) is 54.6 Å². The zero-order valence-electron chi connectivity index (χ0n) is 19.2. The van der Waals surface area contributed by atoms with Crippen molar-refractivity contribution in [3.05, 3.63) is 71.1 Å². The second-order valence-corrected chi connectivity index (χ2v) is 11.0. The zero-order valence-corrected chi connectivity index (χ0v) is 20.0. The van der Waals surface area contributed by atoms with Gasteiger partial charge in [-0.2, -0.15) is 0 Å². The smallest absolute Gasteiger partial charge is 0.407 e. The van der Waals surface area contributed by atoms with Gasteiger partial charge in [0.1, 0.15) is 12.2 Å². The molecule has 1 N–H and O–H groups in total. The summed E-state index contributed by atoms with van der Waals surface area (Å²) in [4.78, 5) is 24.8. The van der Waals surface area contributed by atoms with Crippen molar-refractivity contribution < 1.29 is 27.5 Å². The van der Waals surface area contributed by atoms with Crippen LogP contribution in [0.5, 0.6) is 0 Å². The summed E-state index contributed by atoms with van der Waals surface area (Å²) in [6, 6.07) is 15.1. The third-order valence-corrected chi connectivity index (χ3v) is 5.66. The Morgan fingerprint density at radius 3 is 2.09 bits per heavy atom. The Kier molecular flexibility index (Phi) is 7.27. The molecule has 7 nitrogen and oxygen atoms in total. The largest absolute Gasteiger partial charge is 0.460 e. The quantitative estimate of drug-likeness (QED) is 0.608. The number of alkyl carbamates (subject to hydrolysis) is 1. The summed E-state index contributed by atoms with van der Waals surface area (Å²) in [5.74, 6) is -0.677. The Morgan fingerprint density at radius 1 is 1.03 bits per heavy atom. The molecule has 0 saturated carbocycles. The number of nitrogens with one attached hydrogen (secondary N) is 1. The number of rotatable bonds is 7. The molecule has 176 valence electrons. The van der Waals surface area contributed by atoms with Crippen molar-refractivity contribution >= 4 is 21.9 Å². The minimum Gasteiger partial charge on any atom is -0.460 e. The normalized spacial score (nSPS) is 14.4. The summed E-state index contributed by atoms with van der Waals surface area (Å²) in [6.45, 7) is 5.29. The molecule has 8 heteroatoms. The lowest BCUT2D eigenvalue weighted by Crippen LogP contribution is -2.37. The summed E-state index contributed by atoms with van der Waals surface area (Å²) >= 11 is 0. The van der Waals surface area contributed by atoms with E-state index in [-0.39, 0.29) is 18.9 Å². The highest BCUT2D eigenvalue weighted by Crippen LogP contribution is 2.44. The third kappa shape index (κ3) is 6.92. The lowest BCUT2D eigenvalue weighted by Gasteiger charge is -2.22. The zero-order chi connectivity index (χ0) is 24.2. The number of amides is 1. The molecular formula is C25H29NO6S. The first-order chi connectivity index (χ1) is 15.4. The number of fused-ring (bicyclic) bond motifs is 3. The van der Waals surface area contributed by atoms with Crippen LogP contribution in [0.15, 0.2) is 60.0 Å². The van der Waals surface area contributed by atoms with Gasteiger partial charge in [0, 0.05) is 17.6 Å². The van der Waals surface area contributed by atoms with Gasteiger partial charge in [-0.3, -0.25) is 4.79 Å². The molecule has 1 aliphatic carbocycles. The van der Waals surface area contributed by atoms with E-state index in [1.165, 1.54) is 6.08 Å². The van der Waals surface area contributed by atoms with Crippen molar-refractivity contribution in [2.75, 3.05) is 12.9 Å².